The van der Waals surface area contributed by atoms with Gasteiger partial charge in [-0.3, -0.25) is 0 Å². The van der Waals surface area contributed by atoms with Crippen LogP contribution in [0.5, 0.6) is 0 Å². The molecule has 0 bridgehead atoms. The van der Waals surface area contributed by atoms with Crippen molar-refractivity contribution in [1.82, 2.24) is 0 Å². The molecule has 0 atom stereocenters. The van der Waals surface area contributed by atoms with Crippen LogP contribution in [0.2, 0.25) is 0 Å². The number of aliphatic hydroxyl groups excluding tert-OH is 1. The van der Waals surface area contributed by atoms with E-state index < -0.39 is 0 Å². The molecule has 0 aliphatic rings. The van der Waals surface area contributed by atoms with Crippen LogP contribution in [0.15, 0.2) is 52.9 Å². The highest BCUT2D eigenvalue weighted by Crippen LogP contribution is 2.22. The van der Waals surface area contributed by atoms with Crippen LogP contribution in [-0.4, -0.2) is 5.11 Å². The van der Waals surface area contributed by atoms with Gasteiger partial charge in [0.25, 0.3) is 0 Å². The molecule has 0 radical (unpaired) electrons. The van der Waals surface area contributed by atoms with Gasteiger partial charge in [-0.25, -0.2) is 0 Å². The van der Waals surface area contributed by atoms with Crippen molar-refractivity contribution >= 4 is 23.1 Å². The Bertz CT molecular complexity index is 836. The maximum atomic E-state index is 9.00. The van der Waals surface area contributed by atoms with Gasteiger partial charge in [-0.2, -0.15) is 5.26 Å². The molecule has 0 amide bonds. The summed E-state index contributed by atoms with van der Waals surface area (Å²) >= 11 is 0. The number of rotatable bonds is 3. The predicted octanol–water partition coefficient (Wildman–Crippen LogP) is 3.97. The smallest absolute Gasteiger partial charge is 0.134 e. The minimum atomic E-state index is 0.0504. The van der Waals surface area contributed by atoms with Gasteiger partial charge in [-0.05, 0) is 41.5 Å². The standard InChI is InChI=1S/C18H13NO2/c19-11-15-6-8-18-16(9-15)10-17(21-18)7-5-13-1-3-14(12-20)4-2-13/h1-10,20H,12H2. The SMILES string of the molecule is N#Cc1ccc2oc(C=Cc3ccc(CO)cc3)cc2c1. The number of nitrogens with zero attached hydrogens (tertiary/aromatic N) is 1. The van der Waals surface area contributed by atoms with Crippen molar-refractivity contribution in [2.75, 3.05) is 0 Å². The zero-order valence-electron chi connectivity index (χ0n) is 11.3. The van der Waals surface area contributed by atoms with Gasteiger partial charge in [0.15, 0.2) is 0 Å². The fraction of sp³-hybridized carbons (Fsp3) is 0.0556. The lowest BCUT2D eigenvalue weighted by Gasteiger charge is -1.96. The minimum absolute atomic E-state index is 0.0504. The Morgan fingerprint density at radius 3 is 2.57 bits per heavy atom. The highest BCUT2D eigenvalue weighted by atomic mass is 16.3. The number of furan rings is 1. The van der Waals surface area contributed by atoms with Crippen LogP contribution in [-0.2, 0) is 6.61 Å². The van der Waals surface area contributed by atoms with Crippen LogP contribution in [0.4, 0.5) is 0 Å². The van der Waals surface area contributed by atoms with E-state index in [0.29, 0.717) is 5.56 Å². The van der Waals surface area contributed by atoms with Gasteiger partial charge in [0.05, 0.1) is 18.2 Å². The van der Waals surface area contributed by atoms with Crippen molar-refractivity contribution in [1.29, 1.82) is 5.26 Å². The Balaban J connectivity index is 1.86. The molecule has 2 aromatic carbocycles. The third-order valence-corrected chi connectivity index (χ3v) is 3.27. The lowest BCUT2D eigenvalue weighted by molar-refractivity contribution is 0.282. The van der Waals surface area contributed by atoms with Gasteiger partial charge in [0, 0.05) is 5.39 Å². The molecule has 21 heavy (non-hydrogen) atoms. The molecule has 0 fully saturated rings. The maximum absolute atomic E-state index is 9.00. The quantitative estimate of drug-likeness (QED) is 0.787. The van der Waals surface area contributed by atoms with E-state index in [9.17, 15) is 0 Å². The van der Waals surface area contributed by atoms with Crippen molar-refractivity contribution in [3.8, 4) is 6.07 Å². The van der Waals surface area contributed by atoms with E-state index >= 15 is 0 Å². The van der Waals surface area contributed by atoms with E-state index in [1.165, 1.54) is 0 Å². The molecular formula is C18H13NO2. The van der Waals surface area contributed by atoms with Gasteiger partial charge in [0.1, 0.15) is 11.3 Å². The third kappa shape index (κ3) is 2.86. The summed E-state index contributed by atoms with van der Waals surface area (Å²) in [6.07, 6.45) is 3.84. The zero-order valence-corrected chi connectivity index (χ0v) is 11.3. The van der Waals surface area contributed by atoms with Crippen LogP contribution >= 0.6 is 0 Å². The van der Waals surface area contributed by atoms with E-state index in [-0.39, 0.29) is 6.61 Å². The molecule has 0 aliphatic heterocycles. The average molecular weight is 275 g/mol. The second-order valence-corrected chi connectivity index (χ2v) is 4.75. The summed E-state index contributed by atoms with van der Waals surface area (Å²) in [7, 11) is 0. The molecule has 1 heterocycles. The van der Waals surface area contributed by atoms with Gasteiger partial charge in [-0.15, -0.1) is 0 Å². The molecule has 0 aliphatic carbocycles. The molecule has 1 aromatic heterocycles. The molecule has 0 saturated heterocycles. The summed E-state index contributed by atoms with van der Waals surface area (Å²) in [5.41, 5.74) is 3.31. The number of nitriles is 1. The second kappa shape index (κ2) is 5.66. The van der Waals surface area contributed by atoms with E-state index in [4.69, 9.17) is 14.8 Å². The number of hydrogen-bond acceptors (Lipinski definition) is 3. The number of fused-ring (bicyclic) bond motifs is 1. The van der Waals surface area contributed by atoms with Gasteiger partial charge < -0.3 is 9.52 Å². The van der Waals surface area contributed by atoms with E-state index in [1.54, 1.807) is 12.1 Å². The van der Waals surface area contributed by atoms with Crippen LogP contribution < -0.4 is 0 Å². The molecule has 1 N–H and O–H groups in total. The first-order chi connectivity index (χ1) is 10.3. The number of hydrogen-bond donors (Lipinski definition) is 1. The molecule has 0 unspecified atom stereocenters. The molecule has 3 rings (SSSR count). The molecule has 3 aromatic rings. The van der Waals surface area contributed by atoms with Gasteiger partial charge in [0.2, 0.25) is 0 Å². The summed E-state index contributed by atoms with van der Waals surface area (Å²) < 4.78 is 5.70. The number of aliphatic hydroxyl groups is 1. The van der Waals surface area contributed by atoms with Crippen LogP contribution in [0.1, 0.15) is 22.5 Å². The Hall–Kier alpha value is -2.83. The predicted molar refractivity (Wildman–Crippen MR) is 82.2 cm³/mol. The van der Waals surface area contributed by atoms with Gasteiger partial charge >= 0.3 is 0 Å². The molecular weight excluding hydrogens is 262 g/mol. The van der Waals surface area contributed by atoms with E-state index in [2.05, 4.69) is 6.07 Å². The fourth-order valence-electron chi connectivity index (χ4n) is 2.13. The Kier molecular flexibility index (Phi) is 3.55. The lowest BCUT2D eigenvalue weighted by atomic mass is 10.1. The van der Waals surface area contributed by atoms with Crippen molar-refractivity contribution in [3.05, 3.63) is 71.0 Å². The van der Waals surface area contributed by atoms with Crippen LogP contribution in [0, 0.1) is 11.3 Å². The van der Waals surface area contributed by atoms with E-state index in [1.807, 2.05) is 48.6 Å². The molecule has 3 nitrogen and oxygen atoms in total. The zero-order chi connectivity index (χ0) is 14.7. The van der Waals surface area contributed by atoms with Gasteiger partial charge in [-0.1, -0.05) is 30.3 Å². The largest absolute Gasteiger partial charge is 0.457 e. The molecule has 0 saturated carbocycles. The molecule has 102 valence electrons. The topological polar surface area (TPSA) is 57.2 Å². The monoisotopic (exact) mass is 275 g/mol. The first-order valence-corrected chi connectivity index (χ1v) is 6.60. The van der Waals surface area contributed by atoms with Crippen molar-refractivity contribution in [2.24, 2.45) is 0 Å². The maximum Gasteiger partial charge on any atom is 0.134 e. The highest BCUT2D eigenvalue weighted by Gasteiger charge is 2.02. The fourth-order valence-corrected chi connectivity index (χ4v) is 2.13. The summed E-state index contributed by atoms with van der Waals surface area (Å²) in [4.78, 5) is 0. The highest BCUT2D eigenvalue weighted by molar-refractivity contribution is 5.82. The summed E-state index contributed by atoms with van der Waals surface area (Å²) in [6.45, 7) is 0.0504. The van der Waals surface area contributed by atoms with E-state index in [0.717, 1.165) is 27.9 Å². The van der Waals surface area contributed by atoms with Crippen molar-refractivity contribution in [2.45, 2.75) is 6.61 Å². The first kappa shape index (κ1) is 13.2. The first-order valence-electron chi connectivity index (χ1n) is 6.60. The Morgan fingerprint density at radius 2 is 1.86 bits per heavy atom. The van der Waals surface area contributed by atoms with Crippen molar-refractivity contribution < 1.29 is 9.52 Å². The minimum Gasteiger partial charge on any atom is -0.457 e. The number of benzene rings is 2. The van der Waals surface area contributed by atoms with Crippen LogP contribution in [0.3, 0.4) is 0 Å². The molecule has 0 spiro atoms. The van der Waals surface area contributed by atoms with Crippen molar-refractivity contribution in [3.63, 3.8) is 0 Å². The lowest BCUT2D eigenvalue weighted by Crippen LogP contribution is -1.81. The summed E-state index contributed by atoms with van der Waals surface area (Å²) in [5.74, 6) is 0.742. The summed E-state index contributed by atoms with van der Waals surface area (Å²) in [5, 5.41) is 18.8. The summed E-state index contributed by atoms with van der Waals surface area (Å²) in [6, 6.07) is 17.0. The Labute approximate surface area is 122 Å². The normalized spacial score (nSPS) is 11.0. The van der Waals surface area contributed by atoms with Crippen LogP contribution in [0.25, 0.3) is 23.1 Å². The molecule has 3 heteroatoms. The average Bonchev–Trinajstić information content (AvgIpc) is 2.95. The Morgan fingerprint density at radius 1 is 1.05 bits per heavy atom. The third-order valence-electron chi connectivity index (χ3n) is 3.27. The second-order valence-electron chi connectivity index (χ2n) is 4.75.